The number of hydrogen-bond donors (Lipinski definition) is 2. The number of aliphatic hydroxyl groups is 1. The molecule has 19 heavy (non-hydrogen) atoms. The molecule has 2 N–H and O–H groups in total. The van der Waals surface area contributed by atoms with Crippen LogP contribution in [-0.2, 0) is 4.79 Å². The number of benzene rings is 1. The maximum absolute atomic E-state index is 14.0. The van der Waals surface area contributed by atoms with Crippen molar-refractivity contribution in [2.24, 2.45) is 0 Å². The highest BCUT2D eigenvalue weighted by Crippen LogP contribution is 2.23. The molecule has 0 aromatic heterocycles. The van der Waals surface area contributed by atoms with E-state index in [1.54, 1.807) is 24.0 Å². The maximum atomic E-state index is 14.0. The van der Waals surface area contributed by atoms with Gasteiger partial charge in [0, 0.05) is 13.1 Å². The van der Waals surface area contributed by atoms with Gasteiger partial charge in [0.25, 0.3) is 0 Å². The molecule has 0 aliphatic heterocycles. The van der Waals surface area contributed by atoms with Crippen molar-refractivity contribution in [3.63, 3.8) is 0 Å². The lowest BCUT2D eigenvalue weighted by atomic mass is 10.1. The van der Waals surface area contributed by atoms with Crippen molar-refractivity contribution in [2.75, 3.05) is 24.5 Å². The summed E-state index contributed by atoms with van der Waals surface area (Å²) in [5.74, 6) is -0.562. The lowest BCUT2D eigenvalue weighted by Crippen LogP contribution is -2.37. The van der Waals surface area contributed by atoms with E-state index in [0.29, 0.717) is 24.3 Å². The molecule has 1 aromatic carbocycles. The van der Waals surface area contributed by atoms with Crippen LogP contribution >= 0.6 is 0 Å². The average molecular weight is 268 g/mol. The number of anilines is 1. The topological polar surface area (TPSA) is 52.6 Å². The Labute approximate surface area is 113 Å². The van der Waals surface area contributed by atoms with Gasteiger partial charge < -0.3 is 15.3 Å². The molecule has 0 saturated heterocycles. The Morgan fingerprint density at radius 3 is 2.63 bits per heavy atom. The zero-order valence-corrected chi connectivity index (χ0v) is 11.6. The number of aliphatic hydroxyl groups excluding tert-OH is 1. The lowest BCUT2D eigenvalue weighted by Gasteiger charge is -2.23. The van der Waals surface area contributed by atoms with Crippen molar-refractivity contribution in [2.45, 2.75) is 26.9 Å². The van der Waals surface area contributed by atoms with E-state index in [9.17, 15) is 14.3 Å². The van der Waals surface area contributed by atoms with Gasteiger partial charge in [-0.1, -0.05) is 6.07 Å². The third kappa shape index (κ3) is 4.21. The Morgan fingerprint density at radius 2 is 2.16 bits per heavy atom. The van der Waals surface area contributed by atoms with Crippen LogP contribution in [0.4, 0.5) is 10.1 Å². The maximum Gasteiger partial charge on any atom is 0.239 e. The first kappa shape index (κ1) is 15.4. The molecule has 1 amide bonds. The molecule has 1 atom stereocenters. The van der Waals surface area contributed by atoms with Crippen molar-refractivity contribution in [1.29, 1.82) is 0 Å². The van der Waals surface area contributed by atoms with Crippen LogP contribution in [0.15, 0.2) is 18.2 Å². The number of nitrogens with one attached hydrogen (secondary N) is 1. The van der Waals surface area contributed by atoms with Gasteiger partial charge in [-0.3, -0.25) is 4.79 Å². The predicted octanol–water partition coefficient (Wildman–Crippen LogP) is 1.84. The van der Waals surface area contributed by atoms with Crippen molar-refractivity contribution < 1.29 is 14.3 Å². The fraction of sp³-hybridized carbons (Fsp3) is 0.500. The summed E-state index contributed by atoms with van der Waals surface area (Å²) in [7, 11) is 0. The predicted molar refractivity (Wildman–Crippen MR) is 73.6 cm³/mol. The molecular formula is C14H21FN2O2. The van der Waals surface area contributed by atoms with Gasteiger partial charge in [-0.2, -0.15) is 0 Å². The van der Waals surface area contributed by atoms with Crippen LogP contribution in [-0.4, -0.2) is 30.6 Å². The van der Waals surface area contributed by atoms with Crippen molar-refractivity contribution in [3.8, 4) is 0 Å². The van der Waals surface area contributed by atoms with Crippen LogP contribution < -0.4 is 10.2 Å². The summed E-state index contributed by atoms with van der Waals surface area (Å²) < 4.78 is 14.0. The van der Waals surface area contributed by atoms with Gasteiger partial charge in [-0.05, 0) is 38.5 Å². The second-order valence-corrected chi connectivity index (χ2v) is 4.35. The molecule has 0 heterocycles. The van der Waals surface area contributed by atoms with Crippen LogP contribution in [0.3, 0.4) is 0 Å². The summed E-state index contributed by atoms with van der Waals surface area (Å²) in [6, 6.07) is 4.57. The number of halogens is 1. The number of hydrogen-bond acceptors (Lipinski definition) is 3. The van der Waals surface area contributed by atoms with E-state index in [1.165, 1.54) is 6.07 Å². The van der Waals surface area contributed by atoms with E-state index >= 15 is 0 Å². The Bertz CT molecular complexity index is 435. The second kappa shape index (κ2) is 7.09. The summed E-state index contributed by atoms with van der Waals surface area (Å²) in [6.07, 6.45) is -0.706. The Morgan fingerprint density at radius 1 is 1.47 bits per heavy atom. The fourth-order valence-electron chi connectivity index (χ4n) is 1.83. The smallest absolute Gasteiger partial charge is 0.239 e. The van der Waals surface area contributed by atoms with E-state index in [-0.39, 0.29) is 12.5 Å². The van der Waals surface area contributed by atoms with Crippen LogP contribution in [0.25, 0.3) is 0 Å². The van der Waals surface area contributed by atoms with E-state index in [4.69, 9.17) is 0 Å². The molecule has 0 spiro atoms. The number of amides is 1. The minimum absolute atomic E-state index is 0.120. The normalized spacial score (nSPS) is 12.1. The van der Waals surface area contributed by atoms with Crippen LogP contribution in [0.1, 0.15) is 32.4 Å². The summed E-state index contributed by atoms with van der Waals surface area (Å²) in [5.41, 5.74) is 0.897. The molecule has 0 saturated carbocycles. The van der Waals surface area contributed by atoms with Gasteiger partial charge in [-0.25, -0.2) is 4.39 Å². The third-order valence-electron chi connectivity index (χ3n) is 2.88. The van der Waals surface area contributed by atoms with E-state index < -0.39 is 11.9 Å². The average Bonchev–Trinajstić information content (AvgIpc) is 2.36. The molecule has 0 bridgehead atoms. The highest BCUT2D eigenvalue weighted by molar-refractivity contribution is 5.81. The first-order valence-corrected chi connectivity index (χ1v) is 6.48. The first-order valence-electron chi connectivity index (χ1n) is 6.48. The molecule has 0 unspecified atom stereocenters. The third-order valence-corrected chi connectivity index (χ3v) is 2.88. The Hall–Kier alpha value is -1.62. The minimum Gasteiger partial charge on any atom is -0.389 e. The number of likely N-dealkylation sites (N-methyl/N-ethyl adjacent to an activating group) is 2. The van der Waals surface area contributed by atoms with Gasteiger partial charge >= 0.3 is 0 Å². The molecule has 1 aromatic rings. The molecule has 1 rings (SSSR count). The standard InChI is InChI=1S/C14H21FN2O2/c1-4-16-14(19)9-17(5-2)13-7-6-11(10(3)18)8-12(13)15/h6-8,10,18H,4-5,9H2,1-3H3,(H,16,19)/t10-/m1/s1. The van der Waals surface area contributed by atoms with Gasteiger partial charge in [-0.15, -0.1) is 0 Å². The quantitative estimate of drug-likeness (QED) is 0.827. The van der Waals surface area contributed by atoms with Crippen molar-refractivity contribution >= 4 is 11.6 Å². The number of carbonyl (C=O) groups is 1. The highest BCUT2D eigenvalue weighted by Gasteiger charge is 2.14. The van der Waals surface area contributed by atoms with Gasteiger partial charge in [0.2, 0.25) is 5.91 Å². The zero-order chi connectivity index (χ0) is 14.4. The van der Waals surface area contributed by atoms with Crippen LogP contribution in [0, 0.1) is 5.82 Å². The SMILES string of the molecule is CCNC(=O)CN(CC)c1ccc([C@@H](C)O)cc1F. The van der Waals surface area contributed by atoms with Gasteiger partial charge in [0.05, 0.1) is 18.3 Å². The lowest BCUT2D eigenvalue weighted by molar-refractivity contribution is -0.119. The molecule has 4 nitrogen and oxygen atoms in total. The highest BCUT2D eigenvalue weighted by atomic mass is 19.1. The fourth-order valence-corrected chi connectivity index (χ4v) is 1.83. The van der Waals surface area contributed by atoms with Gasteiger partial charge in [0.1, 0.15) is 5.82 Å². The largest absolute Gasteiger partial charge is 0.389 e. The number of nitrogens with zero attached hydrogens (tertiary/aromatic N) is 1. The molecular weight excluding hydrogens is 247 g/mol. The summed E-state index contributed by atoms with van der Waals surface area (Å²) in [4.78, 5) is 13.2. The summed E-state index contributed by atoms with van der Waals surface area (Å²) >= 11 is 0. The van der Waals surface area contributed by atoms with Gasteiger partial charge in [0.15, 0.2) is 0 Å². The Balaban J connectivity index is 2.89. The minimum atomic E-state index is -0.706. The molecule has 0 aliphatic rings. The van der Waals surface area contributed by atoms with Crippen molar-refractivity contribution in [1.82, 2.24) is 5.32 Å². The molecule has 5 heteroatoms. The molecule has 0 aliphatic carbocycles. The number of carbonyl (C=O) groups excluding carboxylic acids is 1. The zero-order valence-electron chi connectivity index (χ0n) is 11.6. The van der Waals surface area contributed by atoms with E-state index in [0.717, 1.165) is 0 Å². The van der Waals surface area contributed by atoms with Crippen LogP contribution in [0.2, 0.25) is 0 Å². The Kier molecular flexibility index (Phi) is 5.76. The first-order chi connectivity index (χ1) is 8.99. The monoisotopic (exact) mass is 268 g/mol. The number of rotatable bonds is 6. The van der Waals surface area contributed by atoms with Crippen LogP contribution in [0.5, 0.6) is 0 Å². The summed E-state index contributed by atoms with van der Waals surface area (Å²) in [6.45, 7) is 6.49. The molecule has 0 radical (unpaired) electrons. The second-order valence-electron chi connectivity index (χ2n) is 4.35. The van der Waals surface area contributed by atoms with E-state index in [1.807, 2.05) is 13.8 Å². The molecule has 106 valence electrons. The van der Waals surface area contributed by atoms with Crippen molar-refractivity contribution in [3.05, 3.63) is 29.6 Å². The molecule has 0 fully saturated rings. The van der Waals surface area contributed by atoms with E-state index in [2.05, 4.69) is 5.32 Å². The summed E-state index contributed by atoms with van der Waals surface area (Å²) in [5, 5.41) is 12.1.